The van der Waals surface area contributed by atoms with Gasteiger partial charge in [0.2, 0.25) is 0 Å². The lowest BCUT2D eigenvalue weighted by molar-refractivity contribution is -0.384. The number of ether oxygens (including phenoxy) is 1. The Bertz CT molecular complexity index is 1410. The second-order valence-electron chi connectivity index (χ2n) is 7.54. The Morgan fingerprint density at radius 3 is 2.55 bits per heavy atom. The van der Waals surface area contributed by atoms with E-state index in [1.165, 1.54) is 19.2 Å². The number of nitro benzene ring substituents is 1. The van der Waals surface area contributed by atoms with Crippen LogP contribution in [0.1, 0.15) is 27.3 Å². The van der Waals surface area contributed by atoms with Crippen molar-refractivity contribution in [1.82, 2.24) is 9.99 Å². The van der Waals surface area contributed by atoms with Crippen molar-refractivity contribution in [2.45, 2.75) is 13.8 Å². The normalized spacial score (nSPS) is 11.1. The zero-order valence-electron chi connectivity index (χ0n) is 18.4. The fourth-order valence-corrected chi connectivity index (χ4v) is 3.81. The molecule has 1 amide bonds. The Morgan fingerprint density at radius 1 is 1.06 bits per heavy atom. The van der Waals surface area contributed by atoms with Gasteiger partial charge in [0.1, 0.15) is 5.75 Å². The molecule has 0 fully saturated rings. The van der Waals surface area contributed by atoms with Crippen LogP contribution >= 0.6 is 0 Å². The second kappa shape index (κ2) is 8.96. The average molecular weight is 442 g/mol. The molecule has 8 nitrogen and oxygen atoms in total. The molecule has 0 aliphatic carbocycles. The predicted molar refractivity (Wildman–Crippen MR) is 127 cm³/mol. The first kappa shape index (κ1) is 21.8. The standard InChI is InChI=1S/C25H22N4O4/c1-16-12-21(17(2)28(16)23-14-22(29(31)32)10-11-24(23)33-3)15-26-27-25(30)20-9-8-18-6-4-5-7-19(18)13-20/h4-15H,1-3H3,(H,27,30)/b26-15+. The lowest BCUT2D eigenvalue weighted by Crippen LogP contribution is -2.17. The molecule has 166 valence electrons. The van der Waals surface area contributed by atoms with Crippen molar-refractivity contribution in [2.75, 3.05) is 7.11 Å². The third-order valence-corrected chi connectivity index (χ3v) is 5.47. The van der Waals surface area contributed by atoms with Gasteiger partial charge in [-0.3, -0.25) is 14.9 Å². The van der Waals surface area contributed by atoms with Crippen molar-refractivity contribution in [3.05, 3.63) is 99.4 Å². The van der Waals surface area contributed by atoms with Gasteiger partial charge in [-0.1, -0.05) is 30.3 Å². The minimum atomic E-state index is -0.443. The van der Waals surface area contributed by atoms with Gasteiger partial charge >= 0.3 is 0 Å². The fraction of sp³-hybridized carbons (Fsp3) is 0.120. The van der Waals surface area contributed by atoms with Gasteiger partial charge in [-0.15, -0.1) is 0 Å². The zero-order chi connectivity index (χ0) is 23.5. The molecular formula is C25H22N4O4. The monoisotopic (exact) mass is 442 g/mol. The summed E-state index contributed by atoms with van der Waals surface area (Å²) in [7, 11) is 1.52. The quantitative estimate of drug-likeness (QED) is 0.260. The summed E-state index contributed by atoms with van der Waals surface area (Å²) in [5, 5.41) is 17.4. The molecule has 0 atom stereocenters. The van der Waals surface area contributed by atoms with Crippen LogP contribution in [0.5, 0.6) is 5.75 Å². The first-order valence-electron chi connectivity index (χ1n) is 10.2. The van der Waals surface area contributed by atoms with E-state index < -0.39 is 4.92 Å². The first-order chi connectivity index (χ1) is 15.9. The Kier molecular flexibility index (Phi) is 5.91. The molecule has 1 heterocycles. The minimum absolute atomic E-state index is 0.0313. The van der Waals surface area contributed by atoms with Crippen LogP contribution in [0.15, 0.2) is 71.8 Å². The Hall–Kier alpha value is -4.46. The Balaban J connectivity index is 1.59. The number of amides is 1. The molecule has 0 unspecified atom stereocenters. The molecule has 0 aliphatic rings. The highest BCUT2D eigenvalue weighted by atomic mass is 16.6. The number of methoxy groups -OCH3 is 1. The van der Waals surface area contributed by atoms with E-state index >= 15 is 0 Å². The van der Waals surface area contributed by atoms with Crippen molar-refractivity contribution >= 4 is 28.6 Å². The van der Waals surface area contributed by atoms with E-state index in [2.05, 4.69) is 10.5 Å². The molecule has 0 radical (unpaired) electrons. The van der Waals surface area contributed by atoms with Gasteiger partial charge in [-0.2, -0.15) is 5.10 Å². The third kappa shape index (κ3) is 4.31. The van der Waals surface area contributed by atoms with Gasteiger partial charge < -0.3 is 9.30 Å². The van der Waals surface area contributed by atoms with Crippen LogP contribution < -0.4 is 10.2 Å². The number of nitrogens with zero attached hydrogens (tertiary/aromatic N) is 3. The number of fused-ring (bicyclic) bond motifs is 1. The molecule has 4 rings (SSSR count). The van der Waals surface area contributed by atoms with E-state index in [1.54, 1.807) is 18.3 Å². The van der Waals surface area contributed by atoms with Gasteiger partial charge in [0, 0.05) is 34.6 Å². The van der Waals surface area contributed by atoms with Crippen LogP contribution in [-0.4, -0.2) is 28.7 Å². The summed E-state index contributed by atoms with van der Waals surface area (Å²) < 4.78 is 7.27. The average Bonchev–Trinajstić information content (AvgIpc) is 3.10. The minimum Gasteiger partial charge on any atom is -0.495 e. The Labute approximate surface area is 190 Å². The van der Waals surface area contributed by atoms with Gasteiger partial charge in [-0.05, 0) is 48.9 Å². The number of benzene rings is 3. The van der Waals surface area contributed by atoms with Gasteiger partial charge in [0.25, 0.3) is 11.6 Å². The summed E-state index contributed by atoms with van der Waals surface area (Å²) in [5.41, 5.74) is 6.01. The number of nitrogens with one attached hydrogen (secondary N) is 1. The number of aromatic nitrogens is 1. The molecule has 8 heteroatoms. The molecule has 0 saturated heterocycles. The van der Waals surface area contributed by atoms with Crippen LogP contribution in [-0.2, 0) is 0 Å². The summed E-state index contributed by atoms with van der Waals surface area (Å²) in [6.45, 7) is 3.76. The van der Waals surface area contributed by atoms with Crippen LogP contribution in [0.25, 0.3) is 16.5 Å². The van der Waals surface area contributed by atoms with Crippen LogP contribution in [0, 0.1) is 24.0 Å². The van der Waals surface area contributed by atoms with Crippen molar-refractivity contribution in [2.24, 2.45) is 5.10 Å². The lowest BCUT2D eigenvalue weighted by atomic mass is 10.1. The number of hydrogen-bond acceptors (Lipinski definition) is 5. The maximum atomic E-state index is 12.5. The smallest absolute Gasteiger partial charge is 0.271 e. The molecule has 0 bridgehead atoms. The number of rotatable bonds is 6. The summed E-state index contributed by atoms with van der Waals surface area (Å²) in [6, 6.07) is 19.6. The molecule has 33 heavy (non-hydrogen) atoms. The van der Waals surface area contributed by atoms with E-state index in [0.717, 1.165) is 27.7 Å². The highest BCUT2D eigenvalue weighted by Gasteiger charge is 2.17. The second-order valence-corrected chi connectivity index (χ2v) is 7.54. The summed E-state index contributed by atoms with van der Waals surface area (Å²) >= 11 is 0. The topological polar surface area (TPSA) is 98.8 Å². The number of carbonyl (C=O) groups is 1. The van der Waals surface area contributed by atoms with Gasteiger partial charge in [-0.25, -0.2) is 5.43 Å². The number of nitro groups is 1. The maximum Gasteiger partial charge on any atom is 0.271 e. The van der Waals surface area contributed by atoms with E-state index in [9.17, 15) is 14.9 Å². The van der Waals surface area contributed by atoms with Gasteiger partial charge in [0.05, 0.1) is 23.9 Å². The number of aryl methyl sites for hydroxylation is 1. The maximum absolute atomic E-state index is 12.5. The van der Waals surface area contributed by atoms with Crippen molar-refractivity contribution < 1.29 is 14.5 Å². The number of hydrogen-bond donors (Lipinski definition) is 1. The first-order valence-corrected chi connectivity index (χ1v) is 10.2. The van der Waals surface area contributed by atoms with Crippen LogP contribution in [0.2, 0.25) is 0 Å². The molecule has 3 aromatic carbocycles. The highest BCUT2D eigenvalue weighted by molar-refractivity contribution is 5.99. The van der Waals surface area contributed by atoms with Crippen LogP contribution in [0.3, 0.4) is 0 Å². The highest BCUT2D eigenvalue weighted by Crippen LogP contribution is 2.31. The van der Waals surface area contributed by atoms with Crippen molar-refractivity contribution in [3.63, 3.8) is 0 Å². The molecule has 0 aliphatic heterocycles. The number of hydrazone groups is 1. The lowest BCUT2D eigenvalue weighted by Gasteiger charge is -2.13. The number of non-ortho nitro benzene ring substituents is 1. The summed E-state index contributed by atoms with van der Waals surface area (Å²) in [5.74, 6) is 0.196. The molecule has 4 aromatic rings. The summed E-state index contributed by atoms with van der Waals surface area (Å²) in [4.78, 5) is 23.3. The van der Waals surface area contributed by atoms with E-state index in [1.807, 2.05) is 60.9 Å². The van der Waals surface area contributed by atoms with E-state index in [4.69, 9.17) is 4.74 Å². The van der Waals surface area contributed by atoms with Gasteiger partial charge in [0.15, 0.2) is 0 Å². The molecule has 1 N–H and O–H groups in total. The van der Waals surface area contributed by atoms with Crippen LogP contribution in [0.4, 0.5) is 5.69 Å². The van der Waals surface area contributed by atoms with E-state index in [-0.39, 0.29) is 11.6 Å². The SMILES string of the molecule is COc1ccc([N+](=O)[O-])cc1-n1c(C)cc(/C=N/NC(=O)c2ccc3ccccc3c2)c1C. The molecule has 0 spiro atoms. The molecular weight excluding hydrogens is 420 g/mol. The number of carbonyl (C=O) groups excluding carboxylic acids is 1. The molecule has 0 saturated carbocycles. The summed E-state index contributed by atoms with van der Waals surface area (Å²) in [6.07, 6.45) is 1.56. The predicted octanol–water partition coefficient (Wildman–Crippen LogP) is 4.93. The molecule has 1 aromatic heterocycles. The zero-order valence-corrected chi connectivity index (χ0v) is 18.4. The largest absolute Gasteiger partial charge is 0.495 e. The third-order valence-electron chi connectivity index (χ3n) is 5.47. The fourth-order valence-electron chi connectivity index (χ4n) is 3.81. The van der Waals surface area contributed by atoms with Crippen molar-refractivity contribution in [3.8, 4) is 11.4 Å². The Morgan fingerprint density at radius 2 is 1.82 bits per heavy atom. The van der Waals surface area contributed by atoms with Crippen molar-refractivity contribution in [1.29, 1.82) is 0 Å². The van der Waals surface area contributed by atoms with E-state index in [0.29, 0.717) is 17.0 Å².